The molecule has 0 saturated carbocycles. The van der Waals surface area contributed by atoms with E-state index in [1.165, 1.54) is 0 Å². The molecule has 0 saturated heterocycles. The van der Waals surface area contributed by atoms with E-state index in [1.807, 2.05) is 0 Å². The van der Waals surface area contributed by atoms with Gasteiger partial charge in [0.25, 0.3) is 5.91 Å². The molecule has 1 amide bonds. The van der Waals surface area contributed by atoms with Crippen LogP contribution in [0, 0.1) is 0 Å². The standard InChI is InChI=1S/C10H18N4O2S/c1-2-5-16-6-3-4-13-10-7(9(12)15)8(11)14-17-10/h13H,2-6H2,1H3,(H2,11,14)(H2,12,15). The van der Waals surface area contributed by atoms with Gasteiger partial charge in [-0.15, -0.1) is 0 Å². The van der Waals surface area contributed by atoms with Gasteiger partial charge in [-0.3, -0.25) is 4.79 Å². The van der Waals surface area contributed by atoms with Crippen molar-refractivity contribution in [3.8, 4) is 0 Å². The summed E-state index contributed by atoms with van der Waals surface area (Å²) >= 11 is 1.15. The maximum atomic E-state index is 11.1. The molecule has 6 nitrogen and oxygen atoms in total. The van der Waals surface area contributed by atoms with E-state index in [-0.39, 0.29) is 11.4 Å². The van der Waals surface area contributed by atoms with Crippen molar-refractivity contribution in [3.63, 3.8) is 0 Å². The molecule has 1 heterocycles. The topological polar surface area (TPSA) is 103 Å². The molecule has 17 heavy (non-hydrogen) atoms. The Morgan fingerprint density at radius 3 is 2.94 bits per heavy atom. The van der Waals surface area contributed by atoms with Gasteiger partial charge < -0.3 is 21.5 Å². The summed E-state index contributed by atoms with van der Waals surface area (Å²) in [5.74, 6) is -0.367. The predicted molar refractivity (Wildman–Crippen MR) is 69.3 cm³/mol. The molecule has 0 aliphatic carbocycles. The molecule has 1 aromatic heterocycles. The van der Waals surface area contributed by atoms with Gasteiger partial charge in [-0.1, -0.05) is 6.92 Å². The zero-order chi connectivity index (χ0) is 12.7. The number of carbonyl (C=O) groups excluding carboxylic acids is 1. The first-order valence-corrected chi connectivity index (χ1v) is 6.30. The maximum absolute atomic E-state index is 11.1. The highest BCUT2D eigenvalue weighted by molar-refractivity contribution is 7.11. The maximum Gasteiger partial charge on any atom is 0.255 e. The van der Waals surface area contributed by atoms with E-state index < -0.39 is 5.91 Å². The Kier molecular flexibility index (Phi) is 5.71. The molecule has 0 unspecified atom stereocenters. The van der Waals surface area contributed by atoms with Crippen molar-refractivity contribution >= 4 is 28.3 Å². The summed E-state index contributed by atoms with van der Waals surface area (Å²) < 4.78 is 9.23. The van der Waals surface area contributed by atoms with Crippen LogP contribution in [-0.4, -0.2) is 30.0 Å². The number of nitrogen functional groups attached to an aromatic ring is 1. The Labute approximate surface area is 104 Å². The smallest absolute Gasteiger partial charge is 0.255 e. The third kappa shape index (κ3) is 4.20. The Morgan fingerprint density at radius 1 is 1.53 bits per heavy atom. The van der Waals surface area contributed by atoms with Crippen molar-refractivity contribution in [2.75, 3.05) is 30.8 Å². The summed E-state index contributed by atoms with van der Waals surface area (Å²) in [6, 6.07) is 0. The number of nitrogens with zero attached hydrogens (tertiary/aromatic N) is 1. The summed E-state index contributed by atoms with van der Waals surface area (Å²) in [7, 11) is 0. The zero-order valence-electron chi connectivity index (χ0n) is 9.86. The highest BCUT2D eigenvalue weighted by atomic mass is 32.1. The van der Waals surface area contributed by atoms with Crippen molar-refractivity contribution in [2.45, 2.75) is 19.8 Å². The van der Waals surface area contributed by atoms with Crippen LogP contribution >= 0.6 is 11.5 Å². The van der Waals surface area contributed by atoms with Crippen molar-refractivity contribution in [1.82, 2.24) is 4.37 Å². The quantitative estimate of drug-likeness (QED) is 0.605. The molecule has 0 aromatic carbocycles. The predicted octanol–water partition coefficient (Wildman–Crippen LogP) is 1.05. The van der Waals surface area contributed by atoms with Crippen LogP contribution in [0.25, 0.3) is 0 Å². The molecule has 96 valence electrons. The first-order valence-electron chi connectivity index (χ1n) is 5.53. The molecular formula is C10H18N4O2S. The van der Waals surface area contributed by atoms with E-state index in [0.717, 1.165) is 31.0 Å². The lowest BCUT2D eigenvalue weighted by molar-refractivity contribution is 0.100. The minimum Gasteiger partial charge on any atom is -0.382 e. The summed E-state index contributed by atoms with van der Waals surface area (Å²) in [6.07, 6.45) is 1.88. The van der Waals surface area contributed by atoms with Crippen LogP contribution in [-0.2, 0) is 4.74 Å². The molecule has 1 rings (SSSR count). The fraction of sp³-hybridized carbons (Fsp3) is 0.600. The summed E-state index contributed by atoms with van der Waals surface area (Å²) in [6.45, 7) is 4.24. The van der Waals surface area contributed by atoms with Crippen LogP contribution in [0.1, 0.15) is 30.1 Å². The number of anilines is 2. The first kappa shape index (κ1) is 13.7. The number of hydrogen-bond acceptors (Lipinski definition) is 6. The fourth-order valence-corrected chi connectivity index (χ4v) is 2.03. The molecule has 0 fully saturated rings. The lowest BCUT2D eigenvalue weighted by atomic mass is 10.3. The van der Waals surface area contributed by atoms with Gasteiger partial charge in [-0.05, 0) is 24.4 Å². The first-order chi connectivity index (χ1) is 8.16. The second-order valence-corrected chi connectivity index (χ2v) is 4.30. The van der Waals surface area contributed by atoms with E-state index in [0.29, 0.717) is 18.2 Å². The Hall–Kier alpha value is -1.34. The van der Waals surface area contributed by atoms with Crippen molar-refractivity contribution < 1.29 is 9.53 Å². The Bertz CT molecular complexity index is 367. The average molecular weight is 258 g/mol. The van der Waals surface area contributed by atoms with Crippen LogP contribution < -0.4 is 16.8 Å². The van der Waals surface area contributed by atoms with Crippen LogP contribution in [0.5, 0.6) is 0 Å². The minimum atomic E-state index is -0.555. The van der Waals surface area contributed by atoms with Crippen molar-refractivity contribution in [2.24, 2.45) is 5.73 Å². The normalized spacial score (nSPS) is 10.4. The summed E-state index contributed by atoms with van der Waals surface area (Å²) in [4.78, 5) is 11.1. The molecule has 0 aliphatic heterocycles. The number of rotatable bonds is 8. The molecule has 0 bridgehead atoms. The van der Waals surface area contributed by atoms with E-state index >= 15 is 0 Å². The molecule has 5 N–H and O–H groups in total. The number of carbonyl (C=O) groups is 1. The molecule has 1 aromatic rings. The summed E-state index contributed by atoms with van der Waals surface area (Å²) in [5, 5.41) is 3.72. The van der Waals surface area contributed by atoms with Gasteiger partial charge in [-0.2, -0.15) is 4.37 Å². The second-order valence-electron chi connectivity index (χ2n) is 3.53. The molecule has 0 aliphatic rings. The van der Waals surface area contributed by atoms with Gasteiger partial charge >= 0.3 is 0 Å². The zero-order valence-corrected chi connectivity index (χ0v) is 10.7. The van der Waals surface area contributed by atoms with Gasteiger partial charge in [0, 0.05) is 19.8 Å². The largest absolute Gasteiger partial charge is 0.382 e. The second kappa shape index (κ2) is 7.08. The van der Waals surface area contributed by atoms with Gasteiger partial charge in [0.1, 0.15) is 10.6 Å². The van der Waals surface area contributed by atoms with Gasteiger partial charge in [-0.25, -0.2) is 0 Å². The molecule has 0 spiro atoms. The number of aromatic nitrogens is 1. The van der Waals surface area contributed by atoms with E-state index in [9.17, 15) is 4.79 Å². The van der Waals surface area contributed by atoms with Crippen molar-refractivity contribution in [1.29, 1.82) is 0 Å². The molecule has 0 radical (unpaired) electrons. The Balaban J connectivity index is 2.34. The van der Waals surface area contributed by atoms with E-state index in [2.05, 4.69) is 16.6 Å². The van der Waals surface area contributed by atoms with Gasteiger partial charge in [0.2, 0.25) is 0 Å². The highest BCUT2D eigenvalue weighted by Gasteiger charge is 2.15. The minimum absolute atomic E-state index is 0.187. The number of primary amides is 1. The molecule has 0 atom stereocenters. The van der Waals surface area contributed by atoms with E-state index in [1.54, 1.807) is 0 Å². The lowest BCUT2D eigenvalue weighted by Gasteiger charge is -2.05. The lowest BCUT2D eigenvalue weighted by Crippen LogP contribution is -2.15. The van der Waals surface area contributed by atoms with Crippen molar-refractivity contribution in [3.05, 3.63) is 5.56 Å². The summed E-state index contributed by atoms with van der Waals surface area (Å²) in [5.41, 5.74) is 11.0. The molecule has 7 heteroatoms. The van der Waals surface area contributed by atoms with E-state index in [4.69, 9.17) is 16.2 Å². The van der Waals surface area contributed by atoms with Gasteiger partial charge in [0.05, 0.1) is 0 Å². The third-order valence-electron chi connectivity index (χ3n) is 2.06. The average Bonchev–Trinajstić information content (AvgIpc) is 2.65. The monoisotopic (exact) mass is 258 g/mol. The van der Waals surface area contributed by atoms with Crippen LogP contribution in [0.2, 0.25) is 0 Å². The Morgan fingerprint density at radius 2 is 2.29 bits per heavy atom. The van der Waals surface area contributed by atoms with Gasteiger partial charge in [0.15, 0.2) is 5.82 Å². The number of nitrogens with two attached hydrogens (primary N) is 2. The SMILES string of the molecule is CCCOCCCNc1snc(N)c1C(N)=O. The highest BCUT2D eigenvalue weighted by Crippen LogP contribution is 2.25. The number of hydrogen-bond donors (Lipinski definition) is 3. The van der Waals surface area contributed by atoms with Crippen LogP contribution in [0.4, 0.5) is 10.8 Å². The third-order valence-corrected chi connectivity index (χ3v) is 2.88. The number of nitrogens with one attached hydrogen (secondary N) is 1. The fourth-order valence-electron chi connectivity index (χ4n) is 1.28. The van der Waals surface area contributed by atoms with Crippen LogP contribution in [0.15, 0.2) is 0 Å². The van der Waals surface area contributed by atoms with Crippen LogP contribution in [0.3, 0.4) is 0 Å². The number of amides is 1. The molecular weight excluding hydrogens is 240 g/mol. The number of ether oxygens (including phenoxy) is 1.